The highest BCUT2D eigenvalue weighted by Crippen LogP contribution is 2.29. The zero-order valence-corrected chi connectivity index (χ0v) is 12.9. The first kappa shape index (κ1) is 14.0. The van der Waals surface area contributed by atoms with Gasteiger partial charge in [-0.3, -0.25) is 5.10 Å². The molecule has 2 N–H and O–H groups in total. The van der Waals surface area contributed by atoms with E-state index in [-0.39, 0.29) is 6.04 Å². The van der Waals surface area contributed by atoms with Gasteiger partial charge in [-0.05, 0) is 32.6 Å². The van der Waals surface area contributed by atoms with E-state index in [1.807, 2.05) is 0 Å². The van der Waals surface area contributed by atoms with E-state index in [9.17, 15) is 8.42 Å². The number of aryl methyl sites for hydroxylation is 2. The van der Waals surface area contributed by atoms with Crippen LogP contribution in [0.2, 0.25) is 0 Å². The van der Waals surface area contributed by atoms with Crippen molar-refractivity contribution in [2.75, 3.05) is 5.33 Å². The standard InChI is InChI=1S/C11H18BrN3O2S/c1-7-11(8(2)14-13-7)18(16,17)15-10-5-3-4-9(10)6-12/h9-10,15H,3-6H2,1-2H3,(H,13,14). The van der Waals surface area contributed by atoms with Crippen LogP contribution in [0.5, 0.6) is 0 Å². The Hall–Kier alpha value is -0.400. The minimum absolute atomic E-state index is 0.0306. The van der Waals surface area contributed by atoms with Crippen molar-refractivity contribution in [2.45, 2.75) is 44.0 Å². The van der Waals surface area contributed by atoms with Crippen molar-refractivity contribution in [3.05, 3.63) is 11.4 Å². The molecule has 0 radical (unpaired) electrons. The van der Waals surface area contributed by atoms with Crippen molar-refractivity contribution in [1.82, 2.24) is 14.9 Å². The number of aromatic amines is 1. The lowest BCUT2D eigenvalue weighted by Gasteiger charge is -2.19. The van der Waals surface area contributed by atoms with Crippen molar-refractivity contribution < 1.29 is 8.42 Å². The second-order valence-corrected chi connectivity index (χ2v) is 7.13. The van der Waals surface area contributed by atoms with Crippen molar-refractivity contribution in [2.24, 2.45) is 5.92 Å². The minimum atomic E-state index is -3.47. The Bertz CT molecular complexity index is 507. The van der Waals surface area contributed by atoms with Gasteiger partial charge in [0.15, 0.2) is 0 Å². The lowest BCUT2D eigenvalue weighted by molar-refractivity contribution is 0.484. The molecule has 2 rings (SSSR count). The fourth-order valence-electron chi connectivity index (χ4n) is 2.57. The summed E-state index contributed by atoms with van der Waals surface area (Å²) < 4.78 is 27.6. The van der Waals surface area contributed by atoms with Crippen LogP contribution >= 0.6 is 15.9 Å². The van der Waals surface area contributed by atoms with Gasteiger partial charge in [0.1, 0.15) is 4.90 Å². The Morgan fingerprint density at radius 3 is 2.72 bits per heavy atom. The molecule has 2 unspecified atom stereocenters. The van der Waals surface area contributed by atoms with E-state index >= 15 is 0 Å². The number of nitrogens with zero attached hydrogens (tertiary/aromatic N) is 1. The molecule has 1 aromatic heterocycles. The quantitative estimate of drug-likeness (QED) is 0.825. The summed E-state index contributed by atoms with van der Waals surface area (Å²) in [5.74, 6) is 0.382. The van der Waals surface area contributed by atoms with Crippen molar-refractivity contribution in [3.63, 3.8) is 0 Å². The Morgan fingerprint density at radius 1 is 1.44 bits per heavy atom. The molecule has 1 aromatic rings. The number of aromatic nitrogens is 2. The molecule has 0 aliphatic heterocycles. The van der Waals surface area contributed by atoms with E-state index in [4.69, 9.17) is 0 Å². The fraction of sp³-hybridized carbons (Fsp3) is 0.727. The first-order chi connectivity index (χ1) is 8.45. The number of H-pyrrole nitrogens is 1. The molecule has 102 valence electrons. The molecule has 0 spiro atoms. The summed E-state index contributed by atoms with van der Waals surface area (Å²) in [6, 6.07) is 0.0306. The number of sulfonamides is 1. The van der Waals surface area contributed by atoms with Gasteiger partial charge in [0.25, 0.3) is 0 Å². The summed E-state index contributed by atoms with van der Waals surface area (Å²) >= 11 is 3.45. The van der Waals surface area contributed by atoms with Crippen LogP contribution in [-0.2, 0) is 10.0 Å². The maximum Gasteiger partial charge on any atom is 0.244 e. The van der Waals surface area contributed by atoms with E-state index in [1.165, 1.54) is 0 Å². The highest BCUT2D eigenvalue weighted by atomic mass is 79.9. The molecule has 18 heavy (non-hydrogen) atoms. The van der Waals surface area contributed by atoms with E-state index in [1.54, 1.807) is 13.8 Å². The molecule has 1 fully saturated rings. The number of alkyl halides is 1. The molecular weight excluding hydrogens is 318 g/mol. The molecule has 5 nitrogen and oxygen atoms in total. The van der Waals surface area contributed by atoms with Crippen LogP contribution in [0.1, 0.15) is 30.7 Å². The van der Waals surface area contributed by atoms with E-state index < -0.39 is 10.0 Å². The zero-order valence-electron chi connectivity index (χ0n) is 10.5. The number of hydrogen-bond donors (Lipinski definition) is 2. The van der Waals surface area contributed by atoms with Crippen LogP contribution in [0.15, 0.2) is 4.90 Å². The van der Waals surface area contributed by atoms with Crippen LogP contribution in [0.25, 0.3) is 0 Å². The van der Waals surface area contributed by atoms with Crippen LogP contribution in [0.3, 0.4) is 0 Å². The molecule has 1 saturated carbocycles. The maximum absolute atomic E-state index is 12.4. The molecule has 0 saturated heterocycles. The van der Waals surface area contributed by atoms with Crippen molar-refractivity contribution in [1.29, 1.82) is 0 Å². The Labute approximate surface area is 116 Å². The van der Waals surface area contributed by atoms with Gasteiger partial charge in [-0.1, -0.05) is 22.4 Å². The highest BCUT2D eigenvalue weighted by Gasteiger charge is 2.32. The Kier molecular flexibility index (Phi) is 4.13. The van der Waals surface area contributed by atoms with Gasteiger partial charge >= 0.3 is 0 Å². The minimum Gasteiger partial charge on any atom is -0.281 e. The summed E-state index contributed by atoms with van der Waals surface area (Å²) in [7, 11) is -3.47. The lowest BCUT2D eigenvalue weighted by Crippen LogP contribution is -2.38. The summed E-state index contributed by atoms with van der Waals surface area (Å²) in [6.45, 7) is 3.43. The summed E-state index contributed by atoms with van der Waals surface area (Å²) in [6.07, 6.45) is 3.06. The van der Waals surface area contributed by atoms with Gasteiger partial charge < -0.3 is 0 Å². The Balaban J connectivity index is 2.23. The highest BCUT2D eigenvalue weighted by molar-refractivity contribution is 9.09. The lowest BCUT2D eigenvalue weighted by atomic mass is 10.1. The smallest absolute Gasteiger partial charge is 0.244 e. The van der Waals surface area contributed by atoms with Gasteiger partial charge in [0, 0.05) is 11.4 Å². The van der Waals surface area contributed by atoms with Gasteiger partial charge in [-0.25, -0.2) is 13.1 Å². The first-order valence-corrected chi connectivity index (χ1v) is 8.66. The molecule has 2 atom stereocenters. The van der Waals surface area contributed by atoms with E-state index in [2.05, 4.69) is 30.8 Å². The van der Waals surface area contributed by atoms with Crippen LogP contribution < -0.4 is 4.72 Å². The topological polar surface area (TPSA) is 74.8 Å². The van der Waals surface area contributed by atoms with Gasteiger partial charge in [0.05, 0.1) is 11.4 Å². The predicted molar refractivity (Wildman–Crippen MR) is 73.3 cm³/mol. The Morgan fingerprint density at radius 2 is 2.17 bits per heavy atom. The average molecular weight is 336 g/mol. The summed E-state index contributed by atoms with van der Waals surface area (Å²) in [5, 5.41) is 7.49. The predicted octanol–water partition coefficient (Wildman–Crippen LogP) is 1.87. The second kappa shape index (κ2) is 5.30. The van der Waals surface area contributed by atoms with Gasteiger partial charge in [0.2, 0.25) is 10.0 Å². The van der Waals surface area contributed by atoms with Gasteiger partial charge in [-0.2, -0.15) is 5.10 Å². The third-order valence-corrected chi connectivity index (χ3v) is 6.08. The molecule has 0 amide bonds. The SMILES string of the molecule is Cc1n[nH]c(C)c1S(=O)(=O)NC1CCCC1CBr. The number of halogens is 1. The van der Waals surface area contributed by atoms with Crippen LogP contribution in [-0.4, -0.2) is 30.0 Å². The maximum atomic E-state index is 12.4. The molecule has 0 bridgehead atoms. The largest absolute Gasteiger partial charge is 0.281 e. The van der Waals surface area contributed by atoms with Crippen LogP contribution in [0, 0.1) is 19.8 Å². The number of rotatable bonds is 4. The molecule has 1 heterocycles. The second-order valence-electron chi connectivity index (χ2n) is 4.84. The molecule has 1 aliphatic carbocycles. The zero-order chi connectivity index (χ0) is 13.3. The summed E-state index contributed by atoms with van der Waals surface area (Å²) in [5.41, 5.74) is 1.11. The third-order valence-electron chi connectivity index (χ3n) is 3.49. The van der Waals surface area contributed by atoms with Crippen molar-refractivity contribution in [3.8, 4) is 0 Å². The van der Waals surface area contributed by atoms with Crippen molar-refractivity contribution >= 4 is 26.0 Å². The van der Waals surface area contributed by atoms with Crippen LogP contribution in [0.4, 0.5) is 0 Å². The van der Waals surface area contributed by atoms with E-state index in [0.29, 0.717) is 22.2 Å². The number of hydrogen-bond acceptors (Lipinski definition) is 3. The number of nitrogens with one attached hydrogen (secondary N) is 2. The van der Waals surface area contributed by atoms with Gasteiger partial charge in [-0.15, -0.1) is 0 Å². The summed E-state index contributed by atoms with van der Waals surface area (Å²) in [4.78, 5) is 0.294. The average Bonchev–Trinajstić information content (AvgIpc) is 2.85. The monoisotopic (exact) mass is 335 g/mol. The fourth-order valence-corrected chi connectivity index (χ4v) is 5.06. The first-order valence-electron chi connectivity index (χ1n) is 6.05. The molecular formula is C11H18BrN3O2S. The molecule has 0 aromatic carbocycles. The molecule has 7 heteroatoms. The van der Waals surface area contributed by atoms with E-state index in [0.717, 1.165) is 24.6 Å². The normalized spacial score (nSPS) is 24.6. The molecule has 1 aliphatic rings. The third kappa shape index (κ3) is 2.62.